The van der Waals surface area contributed by atoms with Crippen molar-refractivity contribution in [2.24, 2.45) is 0 Å². The fourth-order valence-corrected chi connectivity index (χ4v) is 4.44. The Morgan fingerprint density at radius 2 is 1.71 bits per heavy atom. The normalized spacial score (nSPS) is 16.4. The molecule has 1 amide bonds. The van der Waals surface area contributed by atoms with Crippen molar-refractivity contribution >= 4 is 16.9 Å². The minimum absolute atomic E-state index is 0.0318. The molecule has 0 radical (unpaired) electrons. The number of rotatable bonds is 5. The summed E-state index contributed by atoms with van der Waals surface area (Å²) >= 11 is 0. The van der Waals surface area contributed by atoms with Crippen molar-refractivity contribution in [1.29, 1.82) is 0 Å². The van der Waals surface area contributed by atoms with Crippen molar-refractivity contribution < 1.29 is 9.18 Å². The van der Waals surface area contributed by atoms with E-state index in [2.05, 4.69) is 41.8 Å². The molecule has 0 unspecified atom stereocenters. The zero-order chi connectivity index (χ0) is 21.4. The molecule has 31 heavy (non-hydrogen) atoms. The first-order valence-electron chi connectivity index (χ1n) is 10.6. The number of fused-ring (bicyclic) bond motifs is 1. The van der Waals surface area contributed by atoms with Gasteiger partial charge < -0.3 is 9.47 Å². The minimum Gasteiger partial charge on any atom is -0.338 e. The lowest BCUT2D eigenvalue weighted by Crippen LogP contribution is -2.24. The fraction of sp³-hybridized carbons (Fsp3) is 0.231. The van der Waals surface area contributed by atoms with Crippen molar-refractivity contribution in [1.82, 2.24) is 14.5 Å². The maximum atomic E-state index is 13.2. The van der Waals surface area contributed by atoms with Gasteiger partial charge in [-0.1, -0.05) is 48.5 Å². The molecule has 0 N–H and O–H groups in total. The molecule has 4 nitrogen and oxygen atoms in total. The van der Waals surface area contributed by atoms with Crippen LogP contribution in [-0.4, -0.2) is 26.9 Å². The van der Waals surface area contributed by atoms with Crippen LogP contribution in [0.1, 0.15) is 34.9 Å². The Morgan fingerprint density at radius 1 is 0.968 bits per heavy atom. The molecule has 0 saturated carbocycles. The topological polar surface area (TPSA) is 38.1 Å². The number of halogens is 1. The van der Waals surface area contributed by atoms with E-state index < -0.39 is 0 Å². The lowest BCUT2D eigenvalue weighted by Gasteiger charge is -2.18. The van der Waals surface area contributed by atoms with E-state index in [1.165, 1.54) is 23.3 Å². The van der Waals surface area contributed by atoms with E-state index in [-0.39, 0.29) is 17.6 Å². The molecule has 5 rings (SSSR count). The number of hydrogen-bond acceptors (Lipinski definition) is 2. The highest BCUT2D eigenvalue weighted by Gasteiger charge is 2.34. The molecule has 1 aromatic heterocycles. The third-order valence-corrected chi connectivity index (χ3v) is 6.14. The van der Waals surface area contributed by atoms with Crippen LogP contribution in [0.15, 0.2) is 72.8 Å². The summed E-state index contributed by atoms with van der Waals surface area (Å²) in [6.07, 6.45) is 0.443. The van der Waals surface area contributed by atoms with Crippen LogP contribution in [0.25, 0.3) is 11.0 Å². The largest absolute Gasteiger partial charge is 0.338 e. The number of carbonyl (C=O) groups excluding carboxylic acids is 1. The van der Waals surface area contributed by atoms with Gasteiger partial charge in [0.1, 0.15) is 11.6 Å². The first kappa shape index (κ1) is 19.5. The molecule has 4 aromatic rings. The second-order valence-corrected chi connectivity index (χ2v) is 8.27. The van der Waals surface area contributed by atoms with Gasteiger partial charge in [-0.3, -0.25) is 4.79 Å². The van der Waals surface area contributed by atoms with Crippen LogP contribution in [-0.2, 0) is 17.9 Å². The number of aromatic nitrogens is 2. The molecule has 0 aliphatic carbocycles. The molecule has 1 aliphatic heterocycles. The van der Waals surface area contributed by atoms with E-state index >= 15 is 0 Å². The van der Waals surface area contributed by atoms with Crippen LogP contribution >= 0.6 is 0 Å². The predicted molar refractivity (Wildman–Crippen MR) is 119 cm³/mol. The number of carbonyl (C=O) groups is 1. The van der Waals surface area contributed by atoms with Gasteiger partial charge >= 0.3 is 0 Å². The van der Waals surface area contributed by atoms with E-state index in [4.69, 9.17) is 4.98 Å². The van der Waals surface area contributed by atoms with Crippen LogP contribution in [0.3, 0.4) is 0 Å². The number of benzene rings is 3. The Bertz CT molecular complexity index is 1250. The Labute approximate surface area is 181 Å². The van der Waals surface area contributed by atoms with Crippen LogP contribution in [0.2, 0.25) is 0 Å². The molecule has 3 aromatic carbocycles. The Hall–Kier alpha value is -3.47. The quantitative estimate of drug-likeness (QED) is 0.459. The average molecular weight is 413 g/mol. The van der Waals surface area contributed by atoms with Gasteiger partial charge in [-0.25, -0.2) is 9.37 Å². The molecular weight excluding hydrogens is 389 g/mol. The highest BCUT2D eigenvalue weighted by molar-refractivity contribution is 5.81. The van der Waals surface area contributed by atoms with Crippen molar-refractivity contribution in [3.05, 3.63) is 101 Å². The predicted octanol–water partition coefficient (Wildman–Crippen LogP) is 5.05. The molecule has 1 fully saturated rings. The number of hydrogen-bond donors (Lipinski definition) is 0. The number of nitrogens with zero attached hydrogens (tertiary/aromatic N) is 3. The number of imidazole rings is 1. The van der Waals surface area contributed by atoms with Gasteiger partial charge in [0, 0.05) is 32.0 Å². The van der Waals surface area contributed by atoms with E-state index in [1.54, 1.807) is 12.1 Å². The van der Waals surface area contributed by atoms with E-state index in [0.717, 1.165) is 29.0 Å². The molecular formula is C26H24FN3O. The van der Waals surface area contributed by atoms with Gasteiger partial charge in [0.05, 0.1) is 11.0 Å². The molecule has 0 bridgehead atoms. The molecule has 0 spiro atoms. The average Bonchev–Trinajstić information content (AvgIpc) is 3.32. The summed E-state index contributed by atoms with van der Waals surface area (Å²) in [4.78, 5) is 19.6. The molecule has 1 aliphatic rings. The lowest BCUT2D eigenvalue weighted by atomic mass is 10.1. The smallest absolute Gasteiger partial charge is 0.223 e. The zero-order valence-electron chi connectivity index (χ0n) is 17.5. The Balaban J connectivity index is 1.46. The first-order chi connectivity index (χ1) is 15.1. The van der Waals surface area contributed by atoms with E-state index in [9.17, 15) is 9.18 Å². The monoisotopic (exact) mass is 413 g/mol. The highest BCUT2D eigenvalue weighted by Crippen LogP contribution is 2.32. The van der Waals surface area contributed by atoms with Gasteiger partial charge in [-0.05, 0) is 47.9 Å². The van der Waals surface area contributed by atoms with E-state index in [1.807, 2.05) is 23.1 Å². The number of likely N-dealkylation sites (tertiary alicyclic amines) is 1. The maximum absolute atomic E-state index is 13.2. The van der Waals surface area contributed by atoms with Crippen molar-refractivity contribution in [2.75, 3.05) is 6.54 Å². The molecule has 2 heterocycles. The summed E-state index contributed by atoms with van der Waals surface area (Å²) in [7, 11) is 0. The summed E-state index contributed by atoms with van der Waals surface area (Å²) in [6, 6.07) is 22.9. The number of para-hydroxylation sites is 2. The van der Waals surface area contributed by atoms with Gasteiger partial charge in [0.2, 0.25) is 5.91 Å². The van der Waals surface area contributed by atoms with E-state index in [0.29, 0.717) is 19.5 Å². The van der Waals surface area contributed by atoms with Crippen molar-refractivity contribution in [3.8, 4) is 0 Å². The van der Waals surface area contributed by atoms with Crippen LogP contribution in [0.5, 0.6) is 0 Å². The van der Waals surface area contributed by atoms with Gasteiger partial charge in [0.15, 0.2) is 0 Å². The molecule has 5 heteroatoms. The summed E-state index contributed by atoms with van der Waals surface area (Å²) in [6.45, 7) is 3.96. The second-order valence-electron chi connectivity index (χ2n) is 8.27. The Kier molecular flexibility index (Phi) is 5.02. The Morgan fingerprint density at radius 3 is 2.52 bits per heavy atom. The molecule has 1 saturated heterocycles. The first-order valence-corrected chi connectivity index (χ1v) is 10.6. The third kappa shape index (κ3) is 3.83. The van der Waals surface area contributed by atoms with Crippen molar-refractivity contribution in [2.45, 2.75) is 32.4 Å². The highest BCUT2D eigenvalue weighted by atomic mass is 19.1. The lowest BCUT2D eigenvalue weighted by molar-refractivity contribution is -0.128. The van der Waals surface area contributed by atoms with Crippen LogP contribution in [0, 0.1) is 12.7 Å². The summed E-state index contributed by atoms with van der Waals surface area (Å²) < 4.78 is 15.5. The molecule has 1 atom stereocenters. The summed E-state index contributed by atoms with van der Waals surface area (Å²) in [5.41, 5.74) is 5.47. The number of aryl methyl sites for hydroxylation is 1. The molecule has 156 valence electrons. The number of amides is 1. The van der Waals surface area contributed by atoms with Crippen LogP contribution in [0.4, 0.5) is 4.39 Å². The van der Waals surface area contributed by atoms with Crippen LogP contribution < -0.4 is 0 Å². The SMILES string of the molecule is Cc1ccccc1Cn1c([C@H]2CC(=O)N(Cc3ccc(F)cc3)C2)nc2ccccc21. The van der Waals surface area contributed by atoms with Gasteiger partial charge in [-0.2, -0.15) is 0 Å². The fourth-order valence-electron chi connectivity index (χ4n) is 4.44. The minimum atomic E-state index is -0.265. The third-order valence-electron chi connectivity index (χ3n) is 6.14. The zero-order valence-corrected chi connectivity index (χ0v) is 17.5. The maximum Gasteiger partial charge on any atom is 0.223 e. The second kappa shape index (κ2) is 7.99. The summed E-state index contributed by atoms with van der Waals surface area (Å²) in [5.74, 6) is 0.840. The summed E-state index contributed by atoms with van der Waals surface area (Å²) in [5, 5.41) is 0. The standard InChI is InChI=1S/C26H24FN3O/c1-18-6-2-3-7-20(18)17-30-24-9-5-4-8-23(24)28-26(30)21-14-25(31)29(16-21)15-19-10-12-22(27)13-11-19/h2-13,21H,14-17H2,1H3/t21-/m0/s1. The van der Waals surface area contributed by atoms with Gasteiger partial charge in [0.25, 0.3) is 0 Å². The van der Waals surface area contributed by atoms with Crippen molar-refractivity contribution in [3.63, 3.8) is 0 Å². The van der Waals surface area contributed by atoms with Gasteiger partial charge in [-0.15, -0.1) is 0 Å².